The number of nitrogens with zero attached hydrogens (tertiary/aromatic N) is 2. The summed E-state index contributed by atoms with van der Waals surface area (Å²) < 4.78 is 1.08. The third kappa shape index (κ3) is 3.75. The quantitative estimate of drug-likeness (QED) is 0.494. The Bertz CT molecular complexity index is 739. The molecule has 1 amide bonds. The molecule has 0 radical (unpaired) electrons. The van der Waals surface area contributed by atoms with Gasteiger partial charge in [0.2, 0.25) is 0 Å². The maximum atomic E-state index is 12.7. The molecule has 0 aromatic heterocycles. The largest absolute Gasteiger partial charge is 1.00 e. The molecule has 4 rings (SSSR count). The minimum atomic E-state index is 0. The van der Waals surface area contributed by atoms with Gasteiger partial charge in [-0.15, -0.1) is 0 Å². The molecule has 1 saturated heterocycles. The highest BCUT2D eigenvalue weighted by atomic mass is 127. The van der Waals surface area contributed by atoms with Crippen LogP contribution in [0.4, 0.5) is 0 Å². The van der Waals surface area contributed by atoms with Crippen LogP contribution in [0, 0.1) is 0 Å². The van der Waals surface area contributed by atoms with Crippen LogP contribution in [0.3, 0.4) is 0 Å². The van der Waals surface area contributed by atoms with Crippen molar-refractivity contribution in [1.29, 1.82) is 0 Å². The van der Waals surface area contributed by atoms with Crippen molar-refractivity contribution in [3.05, 3.63) is 71.3 Å². The number of hydrogen-bond donors (Lipinski definition) is 0. The van der Waals surface area contributed by atoms with Crippen LogP contribution in [0.2, 0.25) is 0 Å². The van der Waals surface area contributed by atoms with E-state index in [0.29, 0.717) is 6.04 Å². The van der Waals surface area contributed by atoms with Gasteiger partial charge in [0.25, 0.3) is 5.91 Å². The van der Waals surface area contributed by atoms with Crippen LogP contribution in [-0.4, -0.2) is 41.5 Å². The number of benzene rings is 2. The van der Waals surface area contributed by atoms with Crippen LogP contribution in [-0.2, 0) is 13.1 Å². The number of hydrogen-bond acceptors (Lipinski definition) is 1. The standard InChI is InChI=1S/C21H25N2O.HI/c1-23(16-17-7-3-2-4-8-17)13-11-19(12-14-23)22-15-18-9-5-6-10-20(18)21(22)24;/h2-10,19H,11-16H2,1H3;1H/q+1;/p-1. The molecule has 0 spiro atoms. The number of likely N-dealkylation sites (tertiary alicyclic amines) is 1. The molecule has 25 heavy (non-hydrogen) atoms. The summed E-state index contributed by atoms with van der Waals surface area (Å²) >= 11 is 0. The zero-order valence-corrected chi connectivity index (χ0v) is 16.9. The molecule has 132 valence electrons. The highest BCUT2D eigenvalue weighted by Crippen LogP contribution is 2.30. The Morgan fingerprint density at radius 2 is 1.64 bits per heavy atom. The second-order valence-electron chi connectivity index (χ2n) is 7.53. The van der Waals surface area contributed by atoms with Crippen molar-refractivity contribution < 1.29 is 33.3 Å². The summed E-state index contributed by atoms with van der Waals surface area (Å²) in [5.74, 6) is 0.231. The van der Waals surface area contributed by atoms with E-state index in [4.69, 9.17) is 0 Å². The van der Waals surface area contributed by atoms with Gasteiger partial charge in [-0.3, -0.25) is 4.79 Å². The van der Waals surface area contributed by atoms with Gasteiger partial charge in [-0.2, -0.15) is 0 Å². The number of piperidine rings is 1. The summed E-state index contributed by atoms with van der Waals surface area (Å²) in [6.45, 7) is 4.16. The minimum absolute atomic E-state index is 0. The van der Waals surface area contributed by atoms with E-state index >= 15 is 0 Å². The number of rotatable bonds is 3. The predicted octanol–water partition coefficient (Wildman–Crippen LogP) is 0.456. The van der Waals surface area contributed by atoms with Crippen molar-refractivity contribution >= 4 is 5.91 Å². The SMILES string of the molecule is C[N+]1(Cc2ccccc2)CCC(N2Cc3ccccc3C2=O)CC1.[I-]. The summed E-state index contributed by atoms with van der Waals surface area (Å²) in [5.41, 5.74) is 3.50. The summed E-state index contributed by atoms with van der Waals surface area (Å²) in [7, 11) is 2.35. The lowest BCUT2D eigenvalue weighted by Crippen LogP contribution is -3.00. The van der Waals surface area contributed by atoms with E-state index < -0.39 is 0 Å². The Morgan fingerprint density at radius 3 is 2.32 bits per heavy atom. The number of carbonyl (C=O) groups is 1. The first-order valence-corrected chi connectivity index (χ1v) is 8.91. The van der Waals surface area contributed by atoms with E-state index in [1.165, 1.54) is 11.1 Å². The normalized spacial score (nSPS) is 25.4. The molecule has 0 aliphatic carbocycles. The third-order valence-corrected chi connectivity index (χ3v) is 5.70. The molecule has 0 bridgehead atoms. The van der Waals surface area contributed by atoms with Gasteiger partial charge in [-0.05, 0) is 11.6 Å². The number of fused-ring (bicyclic) bond motifs is 1. The molecular formula is C21H25IN2O. The molecule has 3 nitrogen and oxygen atoms in total. The average molecular weight is 448 g/mol. The summed E-state index contributed by atoms with van der Waals surface area (Å²) in [4.78, 5) is 14.8. The highest BCUT2D eigenvalue weighted by molar-refractivity contribution is 5.98. The van der Waals surface area contributed by atoms with Crippen molar-refractivity contribution in [2.75, 3.05) is 20.1 Å². The Kier molecular flexibility index (Phi) is 5.49. The molecular weight excluding hydrogens is 423 g/mol. The first-order chi connectivity index (χ1) is 11.6. The lowest BCUT2D eigenvalue weighted by molar-refractivity contribution is -0.927. The molecule has 2 heterocycles. The van der Waals surface area contributed by atoms with Crippen molar-refractivity contribution in [2.24, 2.45) is 0 Å². The van der Waals surface area contributed by atoms with E-state index in [2.05, 4.69) is 48.3 Å². The second kappa shape index (κ2) is 7.46. The Morgan fingerprint density at radius 1 is 1.00 bits per heavy atom. The van der Waals surface area contributed by atoms with Crippen LogP contribution in [0.15, 0.2) is 54.6 Å². The van der Waals surface area contributed by atoms with Gasteiger partial charge in [-0.25, -0.2) is 0 Å². The zero-order valence-electron chi connectivity index (χ0n) is 14.7. The smallest absolute Gasteiger partial charge is 0.254 e. The first kappa shape index (κ1) is 18.4. The molecule has 2 aromatic rings. The van der Waals surface area contributed by atoms with Gasteiger partial charge in [0.05, 0.1) is 20.1 Å². The van der Waals surface area contributed by atoms with Gasteiger partial charge in [-0.1, -0.05) is 48.5 Å². The van der Waals surface area contributed by atoms with Gasteiger partial charge >= 0.3 is 0 Å². The molecule has 2 aromatic carbocycles. The molecule has 4 heteroatoms. The number of quaternary nitrogens is 1. The maximum Gasteiger partial charge on any atom is 0.254 e. The number of amides is 1. The fourth-order valence-corrected chi connectivity index (χ4v) is 4.24. The maximum absolute atomic E-state index is 12.7. The Balaban J connectivity index is 0.00000182. The van der Waals surface area contributed by atoms with E-state index in [0.717, 1.165) is 49.1 Å². The van der Waals surface area contributed by atoms with Crippen molar-refractivity contribution in [2.45, 2.75) is 32.0 Å². The van der Waals surface area contributed by atoms with E-state index in [-0.39, 0.29) is 29.9 Å². The summed E-state index contributed by atoms with van der Waals surface area (Å²) in [5, 5.41) is 0. The molecule has 0 N–H and O–H groups in total. The fraction of sp³-hybridized carbons (Fsp3) is 0.381. The van der Waals surface area contributed by atoms with Gasteiger partial charge in [0, 0.05) is 36.6 Å². The minimum Gasteiger partial charge on any atom is -1.00 e. The lowest BCUT2D eigenvalue weighted by atomic mass is 10.00. The summed E-state index contributed by atoms with van der Waals surface area (Å²) in [6.07, 6.45) is 2.20. The molecule has 2 aliphatic rings. The van der Waals surface area contributed by atoms with Crippen LogP contribution in [0.1, 0.15) is 34.3 Å². The number of carbonyl (C=O) groups excluding carboxylic acids is 1. The molecule has 0 atom stereocenters. The van der Waals surface area contributed by atoms with Gasteiger partial charge < -0.3 is 33.4 Å². The van der Waals surface area contributed by atoms with Crippen molar-refractivity contribution in [3.63, 3.8) is 0 Å². The topological polar surface area (TPSA) is 20.3 Å². The lowest BCUT2D eigenvalue weighted by Gasteiger charge is -2.43. The molecule has 0 unspecified atom stereocenters. The van der Waals surface area contributed by atoms with Gasteiger partial charge in [0.15, 0.2) is 0 Å². The predicted molar refractivity (Wildman–Crippen MR) is 95.4 cm³/mol. The monoisotopic (exact) mass is 448 g/mol. The van der Waals surface area contributed by atoms with Crippen LogP contribution >= 0.6 is 0 Å². The van der Waals surface area contributed by atoms with E-state index in [1.54, 1.807) is 0 Å². The Hall–Kier alpha value is -1.40. The van der Waals surface area contributed by atoms with Crippen LogP contribution < -0.4 is 24.0 Å². The zero-order chi connectivity index (χ0) is 16.6. The first-order valence-electron chi connectivity index (χ1n) is 8.91. The second-order valence-corrected chi connectivity index (χ2v) is 7.53. The summed E-state index contributed by atoms with van der Waals surface area (Å²) in [6, 6.07) is 19.2. The van der Waals surface area contributed by atoms with Crippen LogP contribution in [0.5, 0.6) is 0 Å². The average Bonchev–Trinajstić information content (AvgIpc) is 2.94. The molecule has 0 saturated carbocycles. The van der Waals surface area contributed by atoms with Crippen molar-refractivity contribution in [1.82, 2.24) is 4.90 Å². The van der Waals surface area contributed by atoms with Gasteiger partial charge in [0.1, 0.15) is 6.54 Å². The molecule has 1 fully saturated rings. The van der Waals surface area contributed by atoms with E-state index in [9.17, 15) is 4.79 Å². The fourth-order valence-electron chi connectivity index (χ4n) is 4.24. The Labute approximate surface area is 167 Å². The van der Waals surface area contributed by atoms with Crippen molar-refractivity contribution in [3.8, 4) is 0 Å². The number of halogens is 1. The molecule has 2 aliphatic heterocycles. The third-order valence-electron chi connectivity index (χ3n) is 5.70. The highest BCUT2D eigenvalue weighted by Gasteiger charge is 2.38. The van der Waals surface area contributed by atoms with Crippen LogP contribution in [0.25, 0.3) is 0 Å². The van der Waals surface area contributed by atoms with E-state index in [1.807, 2.05) is 18.2 Å².